The lowest BCUT2D eigenvalue weighted by Gasteiger charge is -2.10. The third-order valence-corrected chi connectivity index (χ3v) is 4.76. The van der Waals surface area contributed by atoms with Crippen LogP contribution in [0.3, 0.4) is 0 Å². The van der Waals surface area contributed by atoms with Crippen molar-refractivity contribution < 1.29 is 9.53 Å². The van der Waals surface area contributed by atoms with Gasteiger partial charge in [-0.3, -0.25) is 14.3 Å². The Balaban J connectivity index is 1.41. The van der Waals surface area contributed by atoms with Crippen LogP contribution in [0.4, 0.5) is 5.69 Å². The summed E-state index contributed by atoms with van der Waals surface area (Å²) in [4.78, 5) is 33.4. The van der Waals surface area contributed by atoms with Crippen LogP contribution < -0.4 is 15.6 Å². The molecular formula is C23H23N5O3. The van der Waals surface area contributed by atoms with Crippen LogP contribution in [-0.2, 0) is 6.61 Å². The number of aryl methyl sites for hydroxylation is 1. The van der Waals surface area contributed by atoms with Gasteiger partial charge in [-0.2, -0.15) is 9.50 Å². The van der Waals surface area contributed by atoms with Gasteiger partial charge in [-0.15, -0.1) is 0 Å². The van der Waals surface area contributed by atoms with E-state index in [1.807, 2.05) is 39.0 Å². The number of fused-ring (bicyclic) bond motifs is 1. The van der Waals surface area contributed by atoms with E-state index in [0.29, 0.717) is 28.5 Å². The topological polar surface area (TPSA) is 90.5 Å². The molecule has 8 heteroatoms. The summed E-state index contributed by atoms with van der Waals surface area (Å²) >= 11 is 0. The van der Waals surface area contributed by atoms with Crippen molar-refractivity contribution >= 4 is 17.4 Å². The molecule has 0 bridgehead atoms. The molecule has 4 aromatic rings. The van der Waals surface area contributed by atoms with Crippen molar-refractivity contribution in [3.8, 4) is 5.75 Å². The van der Waals surface area contributed by atoms with Crippen LogP contribution in [0.1, 0.15) is 41.5 Å². The van der Waals surface area contributed by atoms with Crippen molar-refractivity contribution in [3.63, 3.8) is 0 Å². The first kappa shape index (κ1) is 20.3. The molecule has 1 N–H and O–H groups in total. The first-order valence-electron chi connectivity index (χ1n) is 9.97. The van der Waals surface area contributed by atoms with Gasteiger partial charge in [0.15, 0.2) is 0 Å². The number of anilines is 1. The molecule has 4 rings (SSSR count). The van der Waals surface area contributed by atoms with E-state index >= 15 is 0 Å². The van der Waals surface area contributed by atoms with Crippen molar-refractivity contribution in [2.45, 2.75) is 33.4 Å². The molecule has 158 valence electrons. The van der Waals surface area contributed by atoms with Crippen molar-refractivity contribution in [2.24, 2.45) is 0 Å². The van der Waals surface area contributed by atoms with Crippen LogP contribution in [0.15, 0.2) is 65.7 Å². The number of carbonyl (C=O) groups is 1. The first-order valence-corrected chi connectivity index (χ1v) is 9.97. The first-order chi connectivity index (χ1) is 14.9. The molecule has 0 atom stereocenters. The van der Waals surface area contributed by atoms with Gasteiger partial charge in [0.1, 0.15) is 18.7 Å². The van der Waals surface area contributed by atoms with Crippen molar-refractivity contribution in [2.75, 3.05) is 5.32 Å². The fraction of sp³-hybridized carbons (Fsp3) is 0.217. The van der Waals surface area contributed by atoms with Gasteiger partial charge in [-0.25, -0.2) is 4.98 Å². The zero-order valence-corrected chi connectivity index (χ0v) is 17.6. The Morgan fingerprint density at radius 3 is 2.61 bits per heavy atom. The van der Waals surface area contributed by atoms with Gasteiger partial charge < -0.3 is 10.1 Å². The summed E-state index contributed by atoms with van der Waals surface area (Å²) in [6.07, 6.45) is 1.60. The van der Waals surface area contributed by atoms with Gasteiger partial charge in [-0.05, 0) is 57.2 Å². The second-order valence-corrected chi connectivity index (χ2v) is 7.55. The molecule has 0 fully saturated rings. The van der Waals surface area contributed by atoms with Gasteiger partial charge in [0.2, 0.25) is 0 Å². The fourth-order valence-electron chi connectivity index (χ4n) is 3.19. The van der Waals surface area contributed by atoms with E-state index in [4.69, 9.17) is 4.74 Å². The second-order valence-electron chi connectivity index (χ2n) is 7.55. The summed E-state index contributed by atoms with van der Waals surface area (Å²) in [6.45, 7) is 6.02. The normalized spacial score (nSPS) is 11.1. The maximum Gasteiger partial charge on any atom is 0.274 e. The summed E-state index contributed by atoms with van der Waals surface area (Å²) in [5.41, 5.74) is 2.59. The number of nitrogens with zero attached hydrogens (tertiary/aromatic N) is 4. The molecular weight excluding hydrogens is 394 g/mol. The van der Waals surface area contributed by atoms with Gasteiger partial charge in [0.05, 0.1) is 5.69 Å². The van der Waals surface area contributed by atoms with Crippen LogP contribution in [0.2, 0.25) is 0 Å². The molecule has 2 heterocycles. The number of aromatic nitrogens is 4. The zero-order chi connectivity index (χ0) is 22.0. The number of carbonyl (C=O) groups excluding carboxylic acids is 1. The van der Waals surface area contributed by atoms with Crippen molar-refractivity contribution in [1.82, 2.24) is 19.2 Å². The molecule has 0 aliphatic carbocycles. The predicted octanol–water partition coefficient (Wildman–Crippen LogP) is 3.61. The number of rotatable bonds is 6. The summed E-state index contributed by atoms with van der Waals surface area (Å²) < 4.78 is 8.93. The van der Waals surface area contributed by atoms with Gasteiger partial charge in [-0.1, -0.05) is 17.7 Å². The average Bonchev–Trinajstić information content (AvgIpc) is 3.18. The smallest absolute Gasteiger partial charge is 0.274 e. The predicted molar refractivity (Wildman–Crippen MR) is 118 cm³/mol. The maximum atomic E-state index is 12.4. The van der Waals surface area contributed by atoms with E-state index < -0.39 is 0 Å². The number of ether oxygens (including phenoxy) is 1. The molecule has 0 spiro atoms. The highest BCUT2D eigenvalue weighted by Crippen LogP contribution is 2.18. The lowest BCUT2D eigenvalue weighted by molar-refractivity contribution is 0.102. The molecule has 0 unspecified atom stereocenters. The van der Waals surface area contributed by atoms with E-state index in [-0.39, 0.29) is 24.1 Å². The number of hydrogen-bond donors (Lipinski definition) is 1. The quantitative estimate of drug-likeness (QED) is 0.518. The molecule has 0 radical (unpaired) electrons. The molecule has 1 amide bonds. The zero-order valence-electron chi connectivity index (χ0n) is 17.6. The van der Waals surface area contributed by atoms with Crippen LogP contribution in [0.25, 0.3) is 5.78 Å². The van der Waals surface area contributed by atoms with E-state index in [2.05, 4.69) is 15.3 Å². The maximum absolute atomic E-state index is 12.4. The van der Waals surface area contributed by atoms with Crippen LogP contribution in [0.5, 0.6) is 5.75 Å². The molecule has 2 aromatic carbocycles. The Kier molecular flexibility index (Phi) is 5.53. The third-order valence-electron chi connectivity index (χ3n) is 4.76. The molecule has 0 saturated carbocycles. The molecule has 2 aromatic heterocycles. The third kappa shape index (κ3) is 4.48. The fourth-order valence-corrected chi connectivity index (χ4v) is 3.19. The van der Waals surface area contributed by atoms with Crippen molar-refractivity contribution in [3.05, 3.63) is 88.1 Å². The van der Waals surface area contributed by atoms with E-state index in [0.717, 1.165) is 5.56 Å². The molecule has 0 aliphatic heterocycles. The lowest BCUT2D eigenvalue weighted by Crippen LogP contribution is -2.23. The van der Waals surface area contributed by atoms with E-state index in [9.17, 15) is 9.59 Å². The average molecular weight is 417 g/mol. The highest BCUT2D eigenvalue weighted by molar-refractivity contribution is 6.04. The Morgan fingerprint density at radius 2 is 1.90 bits per heavy atom. The minimum absolute atomic E-state index is 0.0940. The second kappa shape index (κ2) is 8.43. The molecule has 8 nitrogen and oxygen atoms in total. The SMILES string of the molecule is Cc1cccc(C(=O)Nc2ccc(OCc3cc(=O)n4c(ncn4C(C)C)n3)cc2)c1. The van der Waals surface area contributed by atoms with Crippen LogP contribution in [-0.4, -0.2) is 25.1 Å². The van der Waals surface area contributed by atoms with Crippen LogP contribution in [0, 0.1) is 6.92 Å². The molecule has 0 saturated heterocycles. The van der Waals surface area contributed by atoms with Crippen LogP contribution >= 0.6 is 0 Å². The number of benzene rings is 2. The summed E-state index contributed by atoms with van der Waals surface area (Å²) in [5.74, 6) is 0.772. The Labute approximate surface area is 179 Å². The van der Waals surface area contributed by atoms with E-state index in [1.54, 1.807) is 41.3 Å². The van der Waals surface area contributed by atoms with Gasteiger partial charge in [0.25, 0.3) is 17.2 Å². The van der Waals surface area contributed by atoms with Gasteiger partial charge in [0, 0.05) is 23.4 Å². The largest absolute Gasteiger partial charge is 0.487 e. The summed E-state index contributed by atoms with van der Waals surface area (Å²) in [5, 5.41) is 2.86. The highest BCUT2D eigenvalue weighted by Gasteiger charge is 2.11. The standard InChI is InChI=1S/C23H23N5O3/c1-15(2)27-14-24-23-26-19(12-21(29)28(23)27)13-31-20-9-7-18(8-10-20)25-22(30)17-6-4-5-16(3)11-17/h4-12,14-15H,13H2,1-3H3,(H,25,30). The number of hydrogen-bond acceptors (Lipinski definition) is 5. The Morgan fingerprint density at radius 1 is 1.13 bits per heavy atom. The Bertz CT molecular complexity index is 1290. The Hall–Kier alpha value is -3.94. The summed E-state index contributed by atoms with van der Waals surface area (Å²) in [6, 6.07) is 16.0. The monoisotopic (exact) mass is 417 g/mol. The van der Waals surface area contributed by atoms with E-state index in [1.165, 1.54) is 10.6 Å². The van der Waals surface area contributed by atoms with Gasteiger partial charge >= 0.3 is 0 Å². The minimum Gasteiger partial charge on any atom is -0.487 e. The molecule has 0 aliphatic rings. The summed E-state index contributed by atoms with van der Waals surface area (Å²) in [7, 11) is 0. The van der Waals surface area contributed by atoms with Crippen molar-refractivity contribution in [1.29, 1.82) is 0 Å². The highest BCUT2D eigenvalue weighted by atomic mass is 16.5. The minimum atomic E-state index is -0.205. The number of amides is 1. The number of nitrogens with one attached hydrogen (secondary N) is 1. The lowest BCUT2D eigenvalue weighted by atomic mass is 10.1. The molecule has 31 heavy (non-hydrogen) atoms.